The number of carbonyl (C=O) groups excluding carboxylic acids is 4. The number of thiophene rings is 1. The Morgan fingerprint density at radius 1 is 1.23 bits per heavy atom. The number of nitro benzene ring substituents is 1. The van der Waals surface area contributed by atoms with Gasteiger partial charge in [0.05, 0.1) is 22.7 Å². The summed E-state index contributed by atoms with van der Waals surface area (Å²) >= 11 is 1.24. The summed E-state index contributed by atoms with van der Waals surface area (Å²) in [6.07, 6.45) is 0.432. The minimum Gasteiger partial charge on any atom is -0.462 e. The molecule has 0 bridgehead atoms. The van der Waals surface area contributed by atoms with E-state index in [1.54, 1.807) is 13.0 Å². The van der Waals surface area contributed by atoms with Crippen molar-refractivity contribution >= 4 is 45.7 Å². The Balaban J connectivity index is 1.71. The van der Waals surface area contributed by atoms with E-state index in [4.69, 9.17) is 4.74 Å². The molecule has 0 unspecified atom stereocenters. The van der Waals surface area contributed by atoms with E-state index in [9.17, 15) is 29.3 Å². The van der Waals surface area contributed by atoms with Gasteiger partial charge in [-0.25, -0.2) is 4.79 Å². The third-order valence-corrected chi connectivity index (χ3v) is 5.81. The zero-order valence-electron chi connectivity index (χ0n) is 16.8. The zero-order chi connectivity index (χ0) is 22.7. The Morgan fingerprint density at radius 3 is 2.61 bits per heavy atom. The van der Waals surface area contributed by atoms with Crippen molar-refractivity contribution in [3.8, 4) is 0 Å². The van der Waals surface area contributed by atoms with Crippen molar-refractivity contribution in [3.05, 3.63) is 55.9 Å². The number of imide groups is 1. The second kappa shape index (κ2) is 9.04. The summed E-state index contributed by atoms with van der Waals surface area (Å²) in [7, 11) is 0. The van der Waals surface area contributed by atoms with Crippen molar-refractivity contribution in [2.75, 3.05) is 18.5 Å². The standard InChI is InChI=1S/C20H19N3O7S/c1-3-11-10-13(20(27)30-4-2)17(31-11)21-15(24)8-9-22-18(25)12-6-5-7-14(23(28)29)16(12)19(22)26/h5-7,10H,3-4,8-9H2,1-2H3,(H,21,24). The van der Waals surface area contributed by atoms with Crippen LogP contribution in [0.5, 0.6) is 0 Å². The average molecular weight is 445 g/mol. The number of rotatable bonds is 8. The number of fused-ring (bicyclic) bond motifs is 1. The van der Waals surface area contributed by atoms with Crippen molar-refractivity contribution in [1.82, 2.24) is 4.90 Å². The smallest absolute Gasteiger partial charge is 0.341 e. The van der Waals surface area contributed by atoms with Crippen LogP contribution in [0.2, 0.25) is 0 Å². The van der Waals surface area contributed by atoms with Gasteiger partial charge < -0.3 is 10.1 Å². The van der Waals surface area contributed by atoms with Crippen LogP contribution in [-0.4, -0.2) is 46.7 Å². The van der Waals surface area contributed by atoms with Gasteiger partial charge in [0.2, 0.25) is 5.91 Å². The molecule has 3 rings (SSSR count). The Labute approximate surface area is 180 Å². The molecule has 0 saturated heterocycles. The fourth-order valence-electron chi connectivity index (χ4n) is 3.14. The number of nitro groups is 1. The number of hydrogen-bond donors (Lipinski definition) is 1. The highest BCUT2D eigenvalue weighted by molar-refractivity contribution is 7.16. The van der Waals surface area contributed by atoms with Crippen molar-refractivity contribution < 1.29 is 28.8 Å². The Hall–Kier alpha value is -3.60. The van der Waals surface area contributed by atoms with Gasteiger partial charge in [-0.1, -0.05) is 13.0 Å². The number of ether oxygens (including phenoxy) is 1. The molecule has 31 heavy (non-hydrogen) atoms. The van der Waals surface area contributed by atoms with Crippen LogP contribution >= 0.6 is 11.3 Å². The molecule has 11 heteroatoms. The predicted octanol–water partition coefficient (Wildman–Crippen LogP) is 3.02. The van der Waals surface area contributed by atoms with Gasteiger partial charge in [-0.05, 0) is 25.5 Å². The van der Waals surface area contributed by atoms with Gasteiger partial charge >= 0.3 is 5.97 Å². The van der Waals surface area contributed by atoms with Crippen LogP contribution in [0.15, 0.2) is 24.3 Å². The number of amides is 3. The van der Waals surface area contributed by atoms with Crippen molar-refractivity contribution in [2.45, 2.75) is 26.7 Å². The third kappa shape index (κ3) is 4.31. The number of carbonyl (C=O) groups is 4. The summed E-state index contributed by atoms with van der Waals surface area (Å²) in [6, 6.07) is 5.48. The second-order valence-corrected chi connectivity index (χ2v) is 7.68. The predicted molar refractivity (Wildman–Crippen MR) is 111 cm³/mol. The summed E-state index contributed by atoms with van der Waals surface area (Å²) in [5, 5.41) is 14.1. The molecule has 0 fully saturated rings. The summed E-state index contributed by atoms with van der Waals surface area (Å²) < 4.78 is 5.01. The number of aryl methyl sites for hydroxylation is 1. The number of esters is 1. The van der Waals surface area contributed by atoms with Gasteiger partial charge in [0.15, 0.2) is 0 Å². The van der Waals surface area contributed by atoms with Crippen LogP contribution in [0.25, 0.3) is 0 Å². The first-order valence-electron chi connectivity index (χ1n) is 9.51. The maximum atomic E-state index is 12.6. The van der Waals surface area contributed by atoms with Crippen LogP contribution in [0.3, 0.4) is 0 Å². The molecular formula is C20H19N3O7S. The molecule has 1 aliphatic heterocycles. The highest BCUT2D eigenvalue weighted by Gasteiger charge is 2.40. The molecule has 0 radical (unpaired) electrons. The van der Waals surface area contributed by atoms with Gasteiger partial charge in [0.1, 0.15) is 10.6 Å². The molecule has 2 aromatic rings. The largest absolute Gasteiger partial charge is 0.462 e. The van der Waals surface area contributed by atoms with E-state index in [1.165, 1.54) is 23.5 Å². The van der Waals surface area contributed by atoms with Gasteiger partial charge in [-0.2, -0.15) is 0 Å². The molecular weight excluding hydrogens is 426 g/mol. The number of anilines is 1. The third-order valence-electron chi connectivity index (χ3n) is 4.62. The van der Waals surface area contributed by atoms with E-state index in [-0.39, 0.29) is 36.3 Å². The molecule has 1 aromatic carbocycles. The first kappa shape index (κ1) is 22.1. The second-order valence-electron chi connectivity index (χ2n) is 6.55. The molecule has 0 aliphatic carbocycles. The summed E-state index contributed by atoms with van der Waals surface area (Å²) in [5.41, 5.74) is -0.538. The highest BCUT2D eigenvalue weighted by atomic mass is 32.1. The summed E-state index contributed by atoms with van der Waals surface area (Å²) in [5.74, 6) is -2.56. The molecule has 2 heterocycles. The lowest BCUT2D eigenvalue weighted by molar-refractivity contribution is -0.385. The molecule has 0 atom stereocenters. The molecule has 0 saturated carbocycles. The first-order valence-corrected chi connectivity index (χ1v) is 10.3. The molecule has 1 N–H and O–H groups in total. The Morgan fingerprint density at radius 2 is 1.97 bits per heavy atom. The van der Waals surface area contributed by atoms with Crippen LogP contribution in [-0.2, 0) is 16.0 Å². The van der Waals surface area contributed by atoms with E-state index in [0.717, 1.165) is 15.8 Å². The van der Waals surface area contributed by atoms with E-state index in [2.05, 4.69) is 5.32 Å². The number of nitrogens with zero attached hydrogens (tertiary/aromatic N) is 2. The van der Waals surface area contributed by atoms with Crippen LogP contribution in [0.1, 0.15) is 56.2 Å². The molecule has 3 amide bonds. The van der Waals surface area contributed by atoms with E-state index in [0.29, 0.717) is 11.4 Å². The average Bonchev–Trinajstić information content (AvgIpc) is 3.25. The lowest BCUT2D eigenvalue weighted by atomic mass is 10.1. The van der Waals surface area contributed by atoms with E-state index in [1.807, 2.05) is 6.92 Å². The fraction of sp³-hybridized carbons (Fsp3) is 0.300. The zero-order valence-corrected chi connectivity index (χ0v) is 17.6. The van der Waals surface area contributed by atoms with Crippen molar-refractivity contribution in [3.63, 3.8) is 0 Å². The van der Waals surface area contributed by atoms with Gasteiger partial charge in [-0.15, -0.1) is 11.3 Å². The Kier molecular flexibility index (Phi) is 6.44. The fourth-order valence-corrected chi connectivity index (χ4v) is 4.14. The normalized spacial score (nSPS) is 12.6. The molecule has 0 spiro atoms. The molecule has 162 valence electrons. The van der Waals surface area contributed by atoms with E-state index >= 15 is 0 Å². The van der Waals surface area contributed by atoms with Gasteiger partial charge in [0, 0.05) is 23.9 Å². The number of benzene rings is 1. The quantitative estimate of drug-likeness (QED) is 0.285. The maximum Gasteiger partial charge on any atom is 0.341 e. The van der Waals surface area contributed by atoms with Crippen molar-refractivity contribution in [2.24, 2.45) is 0 Å². The van der Waals surface area contributed by atoms with Crippen LogP contribution < -0.4 is 5.32 Å². The van der Waals surface area contributed by atoms with Crippen LogP contribution in [0, 0.1) is 10.1 Å². The van der Waals surface area contributed by atoms with Gasteiger partial charge in [0.25, 0.3) is 17.5 Å². The molecule has 1 aliphatic rings. The highest BCUT2D eigenvalue weighted by Crippen LogP contribution is 2.32. The lowest BCUT2D eigenvalue weighted by Gasteiger charge is -2.13. The minimum atomic E-state index is -0.809. The monoisotopic (exact) mass is 445 g/mol. The minimum absolute atomic E-state index is 0.0601. The first-order chi connectivity index (χ1) is 14.8. The number of hydrogen-bond acceptors (Lipinski definition) is 8. The topological polar surface area (TPSA) is 136 Å². The molecule has 10 nitrogen and oxygen atoms in total. The maximum absolute atomic E-state index is 12.6. The van der Waals surface area contributed by atoms with Gasteiger partial charge in [-0.3, -0.25) is 29.4 Å². The summed E-state index contributed by atoms with van der Waals surface area (Å²) in [4.78, 5) is 61.8. The van der Waals surface area contributed by atoms with E-state index < -0.39 is 34.3 Å². The number of nitrogens with one attached hydrogen (secondary N) is 1. The Bertz CT molecular complexity index is 1090. The summed E-state index contributed by atoms with van der Waals surface area (Å²) in [6.45, 7) is 3.52. The molecule has 1 aromatic heterocycles. The lowest BCUT2D eigenvalue weighted by Crippen LogP contribution is -2.33. The SMILES string of the molecule is CCOC(=O)c1cc(CC)sc1NC(=O)CCN1C(=O)c2cccc([N+](=O)[O-])c2C1=O. The van der Waals surface area contributed by atoms with Crippen molar-refractivity contribution in [1.29, 1.82) is 0 Å². The van der Waals surface area contributed by atoms with Crippen LogP contribution in [0.4, 0.5) is 10.7 Å².